The van der Waals surface area contributed by atoms with Gasteiger partial charge >= 0.3 is 0 Å². The van der Waals surface area contributed by atoms with Crippen LogP contribution in [0.3, 0.4) is 0 Å². The number of hydrogen-bond acceptors (Lipinski definition) is 5. The van der Waals surface area contributed by atoms with E-state index in [9.17, 15) is 14.4 Å². The maximum atomic E-state index is 12.7. The number of carbonyl (C=O) groups is 2. The van der Waals surface area contributed by atoms with Gasteiger partial charge in [-0.05, 0) is 57.5 Å². The molecule has 0 aliphatic carbocycles. The number of nitrogens with zero attached hydrogens (tertiary/aromatic N) is 3. The second-order valence-electron chi connectivity index (χ2n) is 6.95. The van der Waals surface area contributed by atoms with Crippen LogP contribution in [-0.4, -0.2) is 37.8 Å². The number of hydrogen-bond donors (Lipinski definition) is 3. The second kappa shape index (κ2) is 8.09. The SMILES string of the molecule is Cc1cc(C(=O)NC(C)C)ccc1NC(=O)c1cnn(-c2ccc(=O)[nH]n2)c1C. The number of aromatic amines is 1. The highest BCUT2D eigenvalue weighted by atomic mass is 16.2. The quantitative estimate of drug-likeness (QED) is 0.611. The van der Waals surface area contributed by atoms with Crippen LogP contribution in [0.25, 0.3) is 5.82 Å². The van der Waals surface area contributed by atoms with Gasteiger partial charge in [0.15, 0.2) is 5.82 Å². The molecule has 0 aliphatic rings. The average molecular weight is 394 g/mol. The Morgan fingerprint density at radius 2 is 1.86 bits per heavy atom. The van der Waals surface area contributed by atoms with E-state index in [0.29, 0.717) is 28.3 Å². The molecule has 0 radical (unpaired) electrons. The normalized spacial score (nSPS) is 10.8. The highest BCUT2D eigenvalue weighted by molar-refractivity contribution is 6.05. The van der Waals surface area contributed by atoms with E-state index in [-0.39, 0.29) is 23.4 Å². The van der Waals surface area contributed by atoms with Gasteiger partial charge in [0.2, 0.25) is 0 Å². The van der Waals surface area contributed by atoms with Gasteiger partial charge in [0.05, 0.1) is 17.5 Å². The van der Waals surface area contributed by atoms with Crippen LogP contribution in [-0.2, 0) is 0 Å². The highest BCUT2D eigenvalue weighted by Crippen LogP contribution is 2.19. The molecule has 0 fully saturated rings. The zero-order valence-corrected chi connectivity index (χ0v) is 16.6. The predicted molar refractivity (Wildman–Crippen MR) is 108 cm³/mol. The van der Waals surface area contributed by atoms with Crippen LogP contribution >= 0.6 is 0 Å². The largest absolute Gasteiger partial charge is 0.350 e. The van der Waals surface area contributed by atoms with Crippen LogP contribution in [0.15, 0.2) is 41.3 Å². The van der Waals surface area contributed by atoms with Crippen molar-refractivity contribution < 1.29 is 9.59 Å². The van der Waals surface area contributed by atoms with Crippen LogP contribution < -0.4 is 16.2 Å². The number of rotatable bonds is 5. The smallest absolute Gasteiger partial charge is 0.264 e. The lowest BCUT2D eigenvalue weighted by Gasteiger charge is -2.12. The fraction of sp³-hybridized carbons (Fsp3) is 0.250. The molecule has 0 saturated heterocycles. The molecule has 1 aromatic carbocycles. The Morgan fingerprint density at radius 1 is 1.10 bits per heavy atom. The summed E-state index contributed by atoms with van der Waals surface area (Å²) in [7, 11) is 0. The van der Waals surface area contributed by atoms with Crippen molar-refractivity contribution in [1.82, 2.24) is 25.3 Å². The van der Waals surface area contributed by atoms with Gasteiger partial charge in [0, 0.05) is 23.4 Å². The summed E-state index contributed by atoms with van der Waals surface area (Å²) in [6, 6.07) is 7.99. The highest BCUT2D eigenvalue weighted by Gasteiger charge is 2.17. The second-order valence-corrected chi connectivity index (χ2v) is 6.95. The van der Waals surface area contributed by atoms with Crippen molar-refractivity contribution in [3.63, 3.8) is 0 Å². The third kappa shape index (κ3) is 4.40. The number of aryl methyl sites for hydroxylation is 1. The maximum Gasteiger partial charge on any atom is 0.264 e. The zero-order chi connectivity index (χ0) is 21.1. The van der Waals surface area contributed by atoms with Gasteiger partial charge in [-0.2, -0.15) is 10.2 Å². The fourth-order valence-electron chi connectivity index (χ4n) is 2.80. The Kier molecular flexibility index (Phi) is 5.58. The van der Waals surface area contributed by atoms with Gasteiger partial charge < -0.3 is 10.6 Å². The molecule has 9 nitrogen and oxygen atoms in total. The fourth-order valence-corrected chi connectivity index (χ4v) is 2.80. The molecule has 29 heavy (non-hydrogen) atoms. The summed E-state index contributed by atoms with van der Waals surface area (Å²) in [5.74, 6) is -0.0926. The van der Waals surface area contributed by atoms with Crippen molar-refractivity contribution in [2.45, 2.75) is 33.7 Å². The summed E-state index contributed by atoms with van der Waals surface area (Å²) in [5, 5.41) is 16.1. The molecule has 2 heterocycles. The Balaban J connectivity index is 1.79. The minimum absolute atomic E-state index is 0.0404. The first-order valence-corrected chi connectivity index (χ1v) is 9.10. The first-order chi connectivity index (χ1) is 13.8. The summed E-state index contributed by atoms with van der Waals surface area (Å²) < 4.78 is 1.47. The van der Waals surface area contributed by atoms with Gasteiger partial charge in [-0.25, -0.2) is 9.78 Å². The number of carbonyl (C=O) groups excluding carboxylic acids is 2. The summed E-state index contributed by atoms with van der Waals surface area (Å²) in [6.45, 7) is 7.35. The predicted octanol–water partition coefficient (Wildman–Crippen LogP) is 1.96. The molecular weight excluding hydrogens is 372 g/mol. The number of aromatic nitrogens is 4. The Hall–Kier alpha value is -3.75. The molecular formula is C20H22N6O3. The van der Waals surface area contributed by atoms with E-state index in [1.54, 1.807) is 25.1 Å². The number of nitrogens with one attached hydrogen (secondary N) is 3. The van der Waals surface area contributed by atoms with E-state index in [1.807, 2.05) is 20.8 Å². The Bertz CT molecular complexity index is 1110. The number of H-pyrrole nitrogens is 1. The van der Waals surface area contributed by atoms with Crippen molar-refractivity contribution in [1.29, 1.82) is 0 Å². The molecule has 0 unspecified atom stereocenters. The average Bonchev–Trinajstić information content (AvgIpc) is 3.05. The van der Waals surface area contributed by atoms with Gasteiger partial charge in [-0.1, -0.05) is 0 Å². The Morgan fingerprint density at radius 3 is 2.48 bits per heavy atom. The van der Waals surface area contributed by atoms with E-state index in [2.05, 4.69) is 25.9 Å². The van der Waals surface area contributed by atoms with Crippen LogP contribution in [0.5, 0.6) is 0 Å². The van der Waals surface area contributed by atoms with Crippen molar-refractivity contribution in [2.24, 2.45) is 0 Å². The minimum atomic E-state index is -0.333. The van der Waals surface area contributed by atoms with Gasteiger partial charge in [-0.15, -0.1) is 0 Å². The molecule has 0 bridgehead atoms. The van der Waals surface area contributed by atoms with Crippen LogP contribution in [0.2, 0.25) is 0 Å². The summed E-state index contributed by atoms with van der Waals surface area (Å²) in [6.07, 6.45) is 1.44. The topological polar surface area (TPSA) is 122 Å². The van der Waals surface area contributed by atoms with E-state index in [0.717, 1.165) is 5.56 Å². The van der Waals surface area contributed by atoms with Gasteiger partial charge in [0.1, 0.15) is 0 Å². The molecule has 2 amide bonds. The van der Waals surface area contributed by atoms with Gasteiger partial charge in [-0.3, -0.25) is 14.4 Å². The maximum absolute atomic E-state index is 12.7. The minimum Gasteiger partial charge on any atom is -0.350 e. The zero-order valence-electron chi connectivity index (χ0n) is 16.6. The van der Waals surface area contributed by atoms with E-state index < -0.39 is 0 Å². The summed E-state index contributed by atoms with van der Waals surface area (Å²) in [5.41, 5.74) is 2.53. The molecule has 0 spiro atoms. The van der Waals surface area contributed by atoms with Crippen LogP contribution in [0, 0.1) is 13.8 Å². The van der Waals surface area contributed by atoms with Crippen molar-refractivity contribution in [3.05, 3.63) is 69.3 Å². The van der Waals surface area contributed by atoms with Gasteiger partial charge in [0.25, 0.3) is 17.4 Å². The first kappa shape index (κ1) is 20.0. The van der Waals surface area contributed by atoms with E-state index in [4.69, 9.17) is 0 Å². The Labute approximate surface area is 167 Å². The number of benzene rings is 1. The summed E-state index contributed by atoms with van der Waals surface area (Å²) in [4.78, 5) is 36.0. The van der Waals surface area contributed by atoms with E-state index >= 15 is 0 Å². The molecule has 3 rings (SSSR count). The third-order valence-electron chi connectivity index (χ3n) is 4.29. The van der Waals surface area contributed by atoms with E-state index in [1.165, 1.54) is 23.0 Å². The standard InChI is InChI=1S/C20H22N6O3/c1-11(2)22-19(28)14-5-6-16(12(3)9-14)23-20(29)15-10-21-26(13(15)4)17-7-8-18(27)25-24-17/h5-11H,1-4H3,(H,22,28)(H,23,29)(H,25,27). The lowest BCUT2D eigenvalue weighted by molar-refractivity contribution is 0.0942. The third-order valence-corrected chi connectivity index (χ3v) is 4.29. The molecule has 9 heteroatoms. The molecule has 0 saturated carbocycles. The molecule has 0 atom stereocenters. The summed E-state index contributed by atoms with van der Waals surface area (Å²) >= 11 is 0. The molecule has 150 valence electrons. The lowest BCUT2D eigenvalue weighted by Crippen LogP contribution is -2.30. The van der Waals surface area contributed by atoms with Crippen molar-refractivity contribution in [3.8, 4) is 5.82 Å². The van der Waals surface area contributed by atoms with Crippen molar-refractivity contribution in [2.75, 3.05) is 5.32 Å². The van der Waals surface area contributed by atoms with Crippen molar-refractivity contribution >= 4 is 17.5 Å². The molecule has 3 aromatic rings. The first-order valence-electron chi connectivity index (χ1n) is 9.10. The number of amides is 2. The van der Waals surface area contributed by atoms with Crippen LogP contribution in [0.4, 0.5) is 5.69 Å². The lowest BCUT2D eigenvalue weighted by atomic mass is 10.1. The van der Waals surface area contributed by atoms with Crippen LogP contribution in [0.1, 0.15) is 45.8 Å². The molecule has 3 N–H and O–H groups in total. The monoisotopic (exact) mass is 394 g/mol. The molecule has 2 aromatic heterocycles. The number of anilines is 1. The molecule has 0 aliphatic heterocycles.